The lowest BCUT2D eigenvalue weighted by Gasteiger charge is -2.13. The second-order valence-electron chi connectivity index (χ2n) is 4.89. The number of halogens is 2. The highest BCUT2D eigenvalue weighted by molar-refractivity contribution is 5.24. The number of benzene rings is 1. The van der Waals surface area contributed by atoms with Gasteiger partial charge in [-0.15, -0.1) is 0 Å². The SMILES string of the molecule is C1=CCOC=C1.C=C1C[C@H]([N+](=O)[O-])[C@H](c2cc(F)ccc2F)O1. The molecule has 0 bridgehead atoms. The van der Waals surface area contributed by atoms with E-state index in [-0.39, 0.29) is 17.7 Å². The van der Waals surface area contributed by atoms with Crippen LogP contribution >= 0.6 is 0 Å². The minimum atomic E-state index is -1.13. The van der Waals surface area contributed by atoms with Crippen molar-refractivity contribution in [1.29, 1.82) is 0 Å². The molecule has 0 spiro atoms. The average Bonchev–Trinajstić information content (AvgIpc) is 2.94. The van der Waals surface area contributed by atoms with Gasteiger partial charge in [0, 0.05) is 10.5 Å². The van der Waals surface area contributed by atoms with E-state index >= 15 is 0 Å². The Labute approximate surface area is 131 Å². The van der Waals surface area contributed by atoms with E-state index in [0.717, 1.165) is 24.8 Å². The minimum absolute atomic E-state index is 0.00756. The molecule has 0 saturated carbocycles. The average molecular weight is 323 g/mol. The summed E-state index contributed by atoms with van der Waals surface area (Å²) in [5, 5.41) is 10.8. The van der Waals surface area contributed by atoms with Gasteiger partial charge in [-0.25, -0.2) is 8.78 Å². The first-order chi connectivity index (χ1) is 11.0. The highest BCUT2D eigenvalue weighted by atomic mass is 19.1. The Hall–Kier alpha value is -2.70. The van der Waals surface area contributed by atoms with Crippen LogP contribution in [0.4, 0.5) is 8.78 Å². The molecule has 3 rings (SSSR count). The highest BCUT2D eigenvalue weighted by Gasteiger charge is 2.43. The van der Waals surface area contributed by atoms with Crippen LogP contribution in [0.5, 0.6) is 0 Å². The number of hydrogen-bond acceptors (Lipinski definition) is 4. The van der Waals surface area contributed by atoms with Crippen LogP contribution in [-0.2, 0) is 9.47 Å². The molecule has 0 amide bonds. The zero-order valence-corrected chi connectivity index (χ0v) is 12.2. The van der Waals surface area contributed by atoms with Gasteiger partial charge in [0.1, 0.15) is 18.2 Å². The predicted octanol–water partition coefficient (Wildman–Crippen LogP) is 3.67. The molecule has 0 unspecified atom stereocenters. The van der Waals surface area contributed by atoms with Gasteiger partial charge in [-0.05, 0) is 30.4 Å². The van der Waals surface area contributed by atoms with E-state index in [0.29, 0.717) is 0 Å². The Balaban J connectivity index is 0.000000268. The van der Waals surface area contributed by atoms with Crippen LogP contribution in [0.25, 0.3) is 0 Å². The van der Waals surface area contributed by atoms with Crippen molar-refractivity contribution in [2.45, 2.75) is 18.6 Å². The van der Waals surface area contributed by atoms with Crippen LogP contribution in [0.3, 0.4) is 0 Å². The molecule has 2 atom stereocenters. The summed E-state index contributed by atoms with van der Waals surface area (Å²) in [6, 6.07) is 1.66. The van der Waals surface area contributed by atoms with Crippen LogP contribution in [0.2, 0.25) is 0 Å². The number of hydrogen-bond donors (Lipinski definition) is 0. The Morgan fingerprint density at radius 3 is 2.61 bits per heavy atom. The second-order valence-corrected chi connectivity index (χ2v) is 4.89. The van der Waals surface area contributed by atoms with Crippen LogP contribution in [0.15, 0.2) is 55.0 Å². The molecule has 0 radical (unpaired) electrons. The molecule has 23 heavy (non-hydrogen) atoms. The van der Waals surface area contributed by atoms with Crippen molar-refractivity contribution in [3.8, 4) is 0 Å². The summed E-state index contributed by atoms with van der Waals surface area (Å²) >= 11 is 0. The predicted molar refractivity (Wildman–Crippen MR) is 79.0 cm³/mol. The lowest BCUT2D eigenvalue weighted by molar-refractivity contribution is -0.528. The van der Waals surface area contributed by atoms with Gasteiger partial charge in [0.25, 0.3) is 6.04 Å². The maximum absolute atomic E-state index is 13.5. The fourth-order valence-electron chi connectivity index (χ4n) is 2.18. The third-order valence-electron chi connectivity index (χ3n) is 3.23. The topological polar surface area (TPSA) is 61.6 Å². The van der Waals surface area contributed by atoms with E-state index < -0.39 is 28.7 Å². The van der Waals surface area contributed by atoms with E-state index in [1.54, 1.807) is 6.26 Å². The van der Waals surface area contributed by atoms with Gasteiger partial charge in [0.05, 0.1) is 18.4 Å². The van der Waals surface area contributed by atoms with E-state index in [1.807, 2.05) is 18.2 Å². The smallest absolute Gasteiger partial charge is 0.260 e. The van der Waals surface area contributed by atoms with E-state index in [4.69, 9.17) is 9.47 Å². The van der Waals surface area contributed by atoms with Gasteiger partial charge in [0.2, 0.25) is 0 Å². The van der Waals surface area contributed by atoms with Crippen molar-refractivity contribution >= 4 is 0 Å². The van der Waals surface area contributed by atoms with Crippen LogP contribution in [-0.4, -0.2) is 17.6 Å². The molecule has 1 aromatic rings. The third kappa shape index (κ3) is 4.38. The Morgan fingerprint density at radius 1 is 1.30 bits per heavy atom. The minimum Gasteiger partial charge on any atom is -0.497 e. The molecule has 7 heteroatoms. The lowest BCUT2D eigenvalue weighted by atomic mass is 10.0. The molecule has 2 aliphatic heterocycles. The zero-order valence-electron chi connectivity index (χ0n) is 12.2. The maximum atomic E-state index is 13.5. The van der Waals surface area contributed by atoms with E-state index in [9.17, 15) is 18.9 Å². The van der Waals surface area contributed by atoms with Gasteiger partial charge in [-0.2, -0.15) is 0 Å². The lowest BCUT2D eigenvalue weighted by Crippen LogP contribution is -2.23. The largest absolute Gasteiger partial charge is 0.497 e. The van der Waals surface area contributed by atoms with Gasteiger partial charge in [0.15, 0.2) is 6.10 Å². The molecule has 2 aliphatic rings. The summed E-state index contributed by atoms with van der Waals surface area (Å²) in [4.78, 5) is 10.2. The van der Waals surface area contributed by atoms with Gasteiger partial charge in [-0.3, -0.25) is 10.1 Å². The van der Waals surface area contributed by atoms with Gasteiger partial charge < -0.3 is 9.47 Å². The quantitative estimate of drug-likeness (QED) is 0.615. The molecule has 1 aromatic carbocycles. The summed E-state index contributed by atoms with van der Waals surface area (Å²) < 4.78 is 36.4. The number of allylic oxidation sites excluding steroid dienone is 2. The summed E-state index contributed by atoms with van der Waals surface area (Å²) in [7, 11) is 0. The molecule has 0 N–H and O–H groups in total. The molecular weight excluding hydrogens is 308 g/mol. The fraction of sp³-hybridized carbons (Fsp3) is 0.250. The summed E-state index contributed by atoms with van der Waals surface area (Å²) in [6.45, 7) is 4.20. The van der Waals surface area contributed by atoms with E-state index in [1.165, 1.54) is 0 Å². The molecule has 0 aromatic heterocycles. The van der Waals surface area contributed by atoms with Crippen molar-refractivity contribution in [3.63, 3.8) is 0 Å². The van der Waals surface area contributed by atoms with Crippen LogP contribution in [0.1, 0.15) is 18.1 Å². The number of ether oxygens (including phenoxy) is 2. The standard InChI is InChI=1S/C11H9F2NO3.C5H6O/c1-6-4-10(14(15)16)11(17-6)8-5-7(12)2-3-9(8)13;1-2-4-6-5-3-1/h2-3,5,10-11H,1,4H2;1-4H,5H2/t10-,11-;/m0./s1. The third-order valence-corrected chi connectivity index (χ3v) is 3.23. The first kappa shape index (κ1) is 16.7. The number of rotatable bonds is 2. The first-order valence-corrected chi connectivity index (χ1v) is 6.85. The molecule has 2 heterocycles. The van der Waals surface area contributed by atoms with E-state index in [2.05, 4.69) is 6.58 Å². The fourth-order valence-corrected chi connectivity index (χ4v) is 2.18. The summed E-state index contributed by atoms with van der Waals surface area (Å²) in [6.07, 6.45) is 6.36. The zero-order chi connectivity index (χ0) is 16.8. The summed E-state index contributed by atoms with van der Waals surface area (Å²) in [5.41, 5.74) is -0.148. The van der Waals surface area contributed by atoms with Crippen LogP contribution < -0.4 is 0 Å². The van der Waals surface area contributed by atoms with Crippen molar-refractivity contribution in [1.82, 2.24) is 0 Å². The van der Waals surface area contributed by atoms with Crippen molar-refractivity contribution in [2.24, 2.45) is 0 Å². The van der Waals surface area contributed by atoms with Crippen molar-refractivity contribution < 1.29 is 23.2 Å². The number of nitrogens with zero attached hydrogens (tertiary/aromatic N) is 1. The van der Waals surface area contributed by atoms with Crippen molar-refractivity contribution in [3.05, 3.63) is 82.3 Å². The Kier molecular flexibility index (Phi) is 5.46. The van der Waals surface area contributed by atoms with Crippen molar-refractivity contribution in [2.75, 3.05) is 6.61 Å². The summed E-state index contributed by atoms with van der Waals surface area (Å²) in [5.74, 6) is -1.18. The molecule has 1 fully saturated rings. The monoisotopic (exact) mass is 323 g/mol. The van der Waals surface area contributed by atoms with Gasteiger partial charge >= 0.3 is 0 Å². The molecule has 5 nitrogen and oxygen atoms in total. The Morgan fingerprint density at radius 2 is 2.09 bits per heavy atom. The van der Waals surface area contributed by atoms with Gasteiger partial charge in [-0.1, -0.05) is 12.7 Å². The first-order valence-electron chi connectivity index (χ1n) is 6.85. The molecular formula is C16H15F2NO4. The molecule has 1 saturated heterocycles. The second kappa shape index (κ2) is 7.53. The molecule has 122 valence electrons. The van der Waals surface area contributed by atoms with Crippen LogP contribution in [0, 0.1) is 21.7 Å². The Bertz CT molecular complexity index is 645. The highest BCUT2D eigenvalue weighted by Crippen LogP contribution is 2.37. The normalized spacial score (nSPS) is 21.9. The number of nitro groups is 1. The molecule has 0 aliphatic carbocycles. The maximum Gasteiger partial charge on any atom is 0.260 e.